The van der Waals surface area contributed by atoms with Crippen LogP contribution in [0.25, 0.3) is 0 Å². The monoisotopic (exact) mass is 451 g/mol. The van der Waals surface area contributed by atoms with E-state index in [1.165, 1.54) is 12.8 Å². The highest BCUT2D eigenvalue weighted by Crippen LogP contribution is 2.26. The van der Waals surface area contributed by atoms with Crippen LogP contribution in [0.1, 0.15) is 51.4 Å². The number of rotatable bonds is 8. The van der Waals surface area contributed by atoms with E-state index < -0.39 is 0 Å². The van der Waals surface area contributed by atoms with Crippen molar-refractivity contribution in [3.8, 4) is 0 Å². The van der Waals surface area contributed by atoms with Crippen molar-refractivity contribution < 1.29 is 9.53 Å². The van der Waals surface area contributed by atoms with Gasteiger partial charge in [-0.05, 0) is 77.5 Å². The first kappa shape index (κ1) is 24.3. The Morgan fingerprint density at radius 1 is 1.03 bits per heavy atom. The highest BCUT2D eigenvalue weighted by atomic mass is 16.5. The van der Waals surface area contributed by atoms with Crippen LogP contribution in [0.3, 0.4) is 0 Å². The third-order valence-corrected chi connectivity index (χ3v) is 8.12. The number of hydrogen-bond donors (Lipinski definition) is 6. The Morgan fingerprint density at radius 2 is 1.88 bits per heavy atom. The van der Waals surface area contributed by atoms with Crippen LogP contribution in [0.15, 0.2) is 0 Å². The summed E-state index contributed by atoms with van der Waals surface area (Å²) < 4.78 is 5.54. The summed E-state index contributed by atoms with van der Waals surface area (Å²) in [6.45, 7) is 4.84. The molecule has 0 spiro atoms. The molecule has 0 radical (unpaired) electrons. The summed E-state index contributed by atoms with van der Waals surface area (Å²) >= 11 is 0. The Kier molecular flexibility index (Phi) is 9.16. The Bertz CT molecular complexity index is 589. The molecule has 3 aliphatic heterocycles. The second-order valence-electron chi connectivity index (χ2n) is 10.2. The predicted octanol–water partition coefficient (Wildman–Crippen LogP) is -0.0855. The lowest BCUT2D eigenvalue weighted by molar-refractivity contribution is -0.126. The van der Waals surface area contributed by atoms with Crippen molar-refractivity contribution in [2.75, 3.05) is 46.9 Å². The van der Waals surface area contributed by atoms with E-state index in [0.717, 1.165) is 64.7 Å². The van der Waals surface area contributed by atoms with Crippen LogP contribution in [0.4, 0.5) is 0 Å². The van der Waals surface area contributed by atoms with Crippen LogP contribution in [-0.2, 0) is 9.53 Å². The number of methoxy groups -OCH3 is 1. The molecule has 1 aliphatic carbocycles. The fourth-order valence-electron chi connectivity index (χ4n) is 6.06. The Hall–Kier alpha value is -0.810. The average Bonchev–Trinajstić information content (AvgIpc) is 3.22. The quantitative estimate of drug-likeness (QED) is 0.305. The van der Waals surface area contributed by atoms with Gasteiger partial charge >= 0.3 is 0 Å². The molecule has 0 aromatic heterocycles. The number of carbonyl (C=O) groups excluding carboxylic acids is 1. The molecule has 32 heavy (non-hydrogen) atoms. The van der Waals surface area contributed by atoms with Gasteiger partial charge in [-0.15, -0.1) is 0 Å². The Balaban J connectivity index is 1.18. The van der Waals surface area contributed by atoms with Crippen molar-refractivity contribution in [1.82, 2.24) is 37.0 Å². The number of nitrogens with one attached hydrogen (secondary N) is 6. The highest BCUT2D eigenvalue weighted by Gasteiger charge is 2.36. The van der Waals surface area contributed by atoms with Gasteiger partial charge < -0.3 is 20.7 Å². The molecule has 3 saturated heterocycles. The van der Waals surface area contributed by atoms with Crippen LogP contribution in [0.2, 0.25) is 0 Å². The van der Waals surface area contributed by atoms with Crippen molar-refractivity contribution >= 4 is 5.91 Å². The van der Waals surface area contributed by atoms with Gasteiger partial charge in [-0.25, -0.2) is 10.9 Å². The van der Waals surface area contributed by atoms with Crippen LogP contribution >= 0.6 is 0 Å². The van der Waals surface area contributed by atoms with E-state index in [4.69, 9.17) is 4.74 Å². The van der Waals surface area contributed by atoms with Gasteiger partial charge in [0, 0.05) is 38.1 Å². The van der Waals surface area contributed by atoms with Crippen LogP contribution in [0, 0.1) is 17.8 Å². The number of carbonyl (C=O) groups is 1. The number of nitrogens with zero attached hydrogens (tertiary/aromatic N) is 1. The molecule has 6 N–H and O–H groups in total. The molecule has 0 aromatic carbocycles. The van der Waals surface area contributed by atoms with E-state index in [1.54, 1.807) is 7.11 Å². The molecule has 6 atom stereocenters. The van der Waals surface area contributed by atoms with E-state index in [2.05, 4.69) is 44.1 Å². The lowest BCUT2D eigenvalue weighted by atomic mass is 9.85. The lowest BCUT2D eigenvalue weighted by Crippen LogP contribution is -2.50. The van der Waals surface area contributed by atoms with E-state index in [-0.39, 0.29) is 24.2 Å². The third kappa shape index (κ3) is 6.20. The number of hydrogen-bond acceptors (Lipinski definition) is 8. The Morgan fingerprint density at radius 3 is 2.69 bits per heavy atom. The van der Waals surface area contributed by atoms with Crippen LogP contribution < -0.4 is 32.1 Å². The summed E-state index contributed by atoms with van der Waals surface area (Å²) in [5, 5.41) is 13.8. The summed E-state index contributed by atoms with van der Waals surface area (Å²) in [7, 11) is 3.96. The van der Waals surface area contributed by atoms with Crippen molar-refractivity contribution in [1.29, 1.82) is 0 Å². The van der Waals surface area contributed by atoms with Crippen molar-refractivity contribution in [3.63, 3.8) is 0 Å². The molecule has 9 nitrogen and oxygen atoms in total. The van der Waals surface area contributed by atoms with Gasteiger partial charge in [-0.2, -0.15) is 0 Å². The summed E-state index contributed by atoms with van der Waals surface area (Å²) in [4.78, 5) is 15.3. The smallest absolute Gasteiger partial charge is 0.223 e. The van der Waals surface area contributed by atoms with E-state index in [9.17, 15) is 4.79 Å². The molecule has 4 fully saturated rings. The SMILES string of the molecule is COC1NCCCC1CNC(=O)C1CCCC(NCC2NNC(C3CCNCC3)N2C)C1. The molecule has 3 heterocycles. The zero-order valence-electron chi connectivity index (χ0n) is 20.0. The molecular formula is C23H45N7O2. The first-order valence-electron chi connectivity index (χ1n) is 12.9. The van der Waals surface area contributed by atoms with Gasteiger partial charge in [0.1, 0.15) is 6.23 Å². The maximum Gasteiger partial charge on any atom is 0.223 e. The summed E-state index contributed by atoms with van der Waals surface area (Å²) in [5.74, 6) is 1.40. The van der Waals surface area contributed by atoms with Crippen molar-refractivity contribution in [3.05, 3.63) is 0 Å². The van der Waals surface area contributed by atoms with Gasteiger partial charge in [-0.1, -0.05) is 6.42 Å². The maximum absolute atomic E-state index is 12.9. The third-order valence-electron chi connectivity index (χ3n) is 8.12. The molecule has 6 unspecified atom stereocenters. The molecule has 0 bridgehead atoms. The van der Waals surface area contributed by atoms with Crippen LogP contribution in [0.5, 0.6) is 0 Å². The minimum atomic E-state index is 0.0584. The number of ether oxygens (including phenoxy) is 1. The number of hydrazine groups is 1. The largest absolute Gasteiger partial charge is 0.366 e. The lowest BCUT2D eigenvalue weighted by Gasteiger charge is -2.34. The summed E-state index contributed by atoms with van der Waals surface area (Å²) in [6, 6.07) is 0.413. The second-order valence-corrected chi connectivity index (χ2v) is 10.2. The van der Waals surface area contributed by atoms with Gasteiger partial charge in [0.05, 0.1) is 12.3 Å². The van der Waals surface area contributed by atoms with Gasteiger partial charge in [0.15, 0.2) is 0 Å². The molecule has 9 heteroatoms. The minimum Gasteiger partial charge on any atom is -0.366 e. The topological polar surface area (TPSA) is 102 Å². The van der Waals surface area contributed by atoms with E-state index in [1.807, 2.05) is 0 Å². The molecule has 4 aliphatic rings. The molecular weight excluding hydrogens is 406 g/mol. The first-order valence-corrected chi connectivity index (χ1v) is 12.9. The minimum absolute atomic E-state index is 0.0584. The molecule has 4 rings (SSSR count). The van der Waals surface area contributed by atoms with Gasteiger partial charge in [-0.3, -0.25) is 15.0 Å². The summed E-state index contributed by atoms with van der Waals surface area (Å²) in [6.07, 6.45) is 9.66. The number of likely N-dealkylation sites (N-methyl/N-ethyl adjacent to an activating group) is 1. The van der Waals surface area contributed by atoms with E-state index >= 15 is 0 Å². The van der Waals surface area contributed by atoms with Crippen molar-refractivity contribution in [2.24, 2.45) is 17.8 Å². The standard InChI is InChI=1S/C23H45N7O2/c1-30-20(28-29-21(30)16-8-11-24-12-9-16)15-26-19-7-3-5-17(13-19)22(31)27-14-18-6-4-10-25-23(18)32-2/h16-21,23-26,28-29H,3-15H2,1-2H3,(H,27,31). The Labute approximate surface area is 193 Å². The van der Waals surface area contributed by atoms with Crippen LogP contribution in [-0.4, -0.2) is 82.3 Å². The first-order chi connectivity index (χ1) is 15.7. The normalized spacial score (nSPS) is 37.4. The van der Waals surface area contributed by atoms with E-state index in [0.29, 0.717) is 30.6 Å². The molecule has 1 amide bonds. The highest BCUT2D eigenvalue weighted by molar-refractivity contribution is 5.78. The second kappa shape index (κ2) is 12.1. The molecule has 184 valence electrons. The maximum atomic E-state index is 12.9. The number of amides is 1. The molecule has 1 saturated carbocycles. The zero-order valence-corrected chi connectivity index (χ0v) is 20.0. The summed E-state index contributed by atoms with van der Waals surface area (Å²) in [5.41, 5.74) is 7.02. The number of piperidine rings is 2. The fourth-order valence-corrected chi connectivity index (χ4v) is 6.06. The molecule has 0 aromatic rings. The van der Waals surface area contributed by atoms with Gasteiger partial charge in [0.25, 0.3) is 0 Å². The predicted molar refractivity (Wildman–Crippen MR) is 125 cm³/mol. The fraction of sp³-hybridized carbons (Fsp3) is 0.957. The zero-order chi connectivity index (χ0) is 22.3. The van der Waals surface area contributed by atoms with Gasteiger partial charge in [0.2, 0.25) is 5.91 Å². The van der Waals surface area contributed by atoms with Crippen molar-refractivity contribution in [2.45, 2.75) is 76.0 Å². The average molecular weight is 452 g/mol.